The lowest BCUT2D eigenvalue weighted by Crippen LogP contribution is -2.50. The summed E-state index contributed by atoms with van der Waals surface area (Å²) in [5.74, 6) is -0.682. The number of aromatic nitrogens is 3. The van der Waals surface area contributed by atoms with E-state index in [9.17, 15) is 14.4 Å². The molecule has 1 saturated carbocycles. The van der Waals surface area contributed by atoms with Gasteiger partial charge in [-0.05, 0) is 37.7 Å². The largest absolute Gasteiger partial charge is 0.465 e. The van der Waals surface area contributed by atoms with Gasteiger partial charge >= 0.3 is 5.97 Å². The van der Waals surface area contributed by atoms with Crippen LogP contribution in [0.2, 0.25) is 5.15 Å². The Labute approximate surface area is 196 Å². The van der Waals surface area contributed by atoms with E-state index in [1.54, 1.807) is 6.07 Å². The molecular weight excluding hydrogens is 448 g/mol. The maximum atomic E-state index is 12.8. The summed E-state index contributed by atoms with van der Waals surface area (Å²) in [6, 6.07) is 1.67. The minimum atomic E-state index is -0.850. The molecule has 2 N–H and O–H groups in total. The first kappa shape index (κ1) is 22.9. The zero-order chi connectivity index (χ0) is 23.4. The number of esters is 1. The van der Waals surface area contributed by atoms with Gasteiger partial charge in [0, 0.05) is 38.2 Å². The number of halogens is 1. The molecule has 1 aliphatic carbocycles. The van der Waals surface area contributed by atoms with Crippen molar-refractivity contribution in [2.45, 2.75) is 31.2 Å². The van der Waals surface area contributed by atoms with Crippen molar-refractivity contribution in [3.8, 4) is 0 Å². The fourth-order valence-electron chi connectivity index (χ4n) is 3.97. The molecule has 33 heavy (non-hydrogen) atoms. The molecule has 0 bridgehead atoms. The zero-order valence-corrected chi connectivity index (χ0v) is 19.0. The van der Waals surface area contributed by atoms with E-state index in [-0.39, 0.29) is 17.7 Å². The quantitative estimate of drug-likeness (QED) is 0.459. The van der Waals surface area contributed by atoms with E-state index in [1.165, 1.54) is 32.0 Å². The van der Waals surface area contributed by atoms with Gasteiger partial charge in [0.2, 0.25) is 5.91 Å². The minimum absolute atomic E-state index is 0.163. The number of hydrogen-bond donors (Lipinski definition) is 2. The van der Waals surface area contributed by atoms with Gasteiger partial charge in [0.15, 0.2) is 0 Å². The average Bonchev–Trinajstić information content (AvgIpc) is 3.63. The van der Waals surface area contributed by atoms with Gasteiger partial charge in [0.25, 0.3) is 5.91 Å². The van der Waals surface area contributed by atoms with Crippen molar-refractivity contribution in [2.24, 2.45) is 5.92 Å². The lowest BCUT2D eigenvalue weighted by atomic mass is 9.95. The topological polar surface area (TPSA) is 126 Å². The number of rotatable bonds is 7. The Kier molecular flexibility index (Phi) is 6.73. The van der Waals surface area contributed by atoms with E-state index in [2.05, 4.69) is 30.5 Å². The number of pyridine rings is 1. The predicted molar refractivity (Wildman–Crippen MR) is 120 cm³/mol. The molecule has 0 radical (unpaired) electrons. The maximum Gasteiger partial charge on any atom is 0.341 e. The van der Waals surface area contributed by atoms with Crippen molar-refractivity contribution in [3.05, 3.63) is 47.3 Å². The van der Waals surface area contributed by atoms with Crippen LogP contribution in [-0.2, 0) is 9.53 Å². The third kappa shape index (κ3) is 5.22. The number of piperidine rings is 1. The third-order valence-electron chi connectivity index (χ3n) is 6.12. The summed E-state index contributed by atoms with van der Waals surface area (Å²) in [4.78, 5) is 51.0. The summed E-state index contributed by atoms with van der Waals surface area (Å²) in [6.45, 7) is 1.95. The highest BCUT2D eigenvalue weighted by molar-refractivity contribution is 6.29. The molecule has 4 rings (SSSR count). The Hall–Kier alpha value is -3.27. The molecule has 0 unspecified atom stereocenters. The first-order valence-corrected chi connectivity index (χ1v) is 11.1. The number of anilines is 1. The number of nitrogens with one attached hydrogen (secondary N) is 2. The highest BCUT2D eigenvalue weighted by atomic mass is 35.5. The van der Waals surface area contributed by atoms with Crippen LogP contribution in [0.5, 0.6) is 0 Å². The molecule has 2 fully saturated rings. The predicted octanol–water partition coefficient (Wildman–Crippen LogP) is 1.61. The molecule has 10 nitrogen and oxygen atoms in total. The fraction of sp³-hybridized carbons (Fsp3) is 0.455. The van der Waals surface area contributed by atoms with Crippen LogP contribution in [0, 0.1) is 5.92 Å². The smallest absolute Gasteiger partial charge is 0.341 e. The monoisotopic (exact) mass is 472 g/mol. The van der Waals surface area contributed by atoms with Crippen LogP contribution in [0.1, 0.15) is 46.4 Å². The number of amides is 2. The standard InChI is InChI=1S/C22H25ClN6O4/c1-33-20(31)16-12-26-18(23)8-17(16)29-6-2-14(3-7-29)9-27-21(32)22(4-5-22)28-19(30)15-10-24-13-25-11-15/h8,10-14H,2-7,9H2,1H3,(H,27,32)(H,28,30). The van der Waals surface area contributed by atoms with E-state index in [1.807, 2.05) is 0 Å². The summed E-state index contributed by atoms with van der Waals surface area (Å²) >= 11 is 6.05. The van der Waals surface area contributed by atoms with Crippen molar-refractivity contribution >= 4 is 35.1 Å². The molecule has 2 amide bonds. The van der Waals surface area contributed by atoms with Gasteiger partial charge in [-0.1, -0.05) is 11.6 Å². The van der Waals surface area contributed by atoms with Crippen LogP contribution in [-0.4, -0.2) is 65.0 Å². The van der Waals surface area contributed by atoms with Gasteiger partial charge in [-0.15, -0.1) is 0 Å². The van der Waals surface area contributed by atoms with E-state index in [0.717, 1.165) is 12.8 Å². The average molecular weight is 473 g/mol. The number of ether oxygens (including phenoxy) is 1. The first-order valence-electron chi connectivity index (χ1n) is 10.8. The van der Waals surface area contributed by atoms with Crippen LogP contribution in [0.25, 0.3) is 0 Å². The molecule has 0 spiro atoms. The molecular formula is C22H25ClN6O4. The second-order valence-electron chi connectivity index (χ2n) is 8.32. The molecule has 0 aromatic carbocycles. The molecule has 1 aliphatic heterocycles. The number of carbonyl (C=O) groups excluding carboxylic acids is 3. The Morgan fingerprint density at radius 1 is 1.18 bits per heavy atom. The Bertz CT molecular complexity index is 1040. The lowest BCUT2D eigenvalue weighted by Gasteiger charge is -2.34. The van der Waals surface area contributed by atoms with Gasteiger partial charge in [0.1, 0.15) is 22.6 Å². The van der Waals surface area contributed by atoms with E-state index < -0.39 is 11.5 Å². The SMILES string of the molecule is COC(=O)c1cnc(Cl)cc1N1CCC(CNC(=O)C2(NC(=O)c3cncnc3)CC2)CC1. The molecule has 1 saturated heterocycles. The second kappa shape index (κ2) is 9.70. The molecule has 0 atom stereocenters. The van der Waals surface area contributed by atoms with E-state index >= 15 is 0 Å². The Balaban J connectivity index is 1.29. The Morgan fingerprint density at radius 2 is 1.88 bits per heavy atom. The number of hydrogen-bond acceptors (Lipinski definition) is 8. The fourth-order valence-corrected chi connectivity index (χ4v) is 4.13. The minimum Gasteiger partial charge on any atom is -0.465 e. The van der Waals surface area contributed by atoms with E-state index in [0.29, 0.717) is 54.4 Å². The van der Waals surface area contributed by atoms with Gasteiger partial charge in [-0.25, -0.2) is 19.7 Å². The first-order chi connectivity index (χ1) is 15.9. The van der Waals surface area contributed by atoms with Crippen molar-refractivity contribution in [1.29, 1.82) is 0 Å². The van der Waals surface area contributed by atoms with Crippen LogP contribution < -0.4 is 15.5 Å². The molecule has 2 aromatic heterocycles. The maximum absolute atomic E-state index is 12.8. The summed E-state index contributed by atoms with van der Waals surface area (Å²) < 4.78 is 4.85. The molecule has 2 aromatic rings. The van der Waals surface area contributed by atoms with Crippen molar-refractivity contribution < 1.29 is 19.1 Å². The second-order valence-corrected chi connectivity index (χ2v) is 8.71. The molecule has 2 aliphatic rings. The van der Waals surface area contributed by atoms with Gasteiger partial charge in [0.05, 0.1) is 18.4 Å². The van der Waals surface area contributed by atoms with E-state index in [4.69, 9.17) is 16.3 Å². The van der Waals surface area contributed by atoms with Crippen LogP contribution in [0.4, 0.5) is 5.69 Å². The van der Waals surface area contributed by atoms with Gasteiger partial charge in [-0.3, -0.25) is 9.59 Å². The summed E-state index contributed by atoms with van der Waals surface area (Å²) in [5, 5.41) is 6.14. The van der Waals surface area contributed by atoms with Crippen LogP contribution in [0.3, 0.4) is 0 Å². The third-order valence-corrected chi connectivity index (χ3v) is 6.33. The lowest BCUT2D eigenvalue weighted by molar-refractivity contribution is -0.124. The molecule has 3 heterocycles. The summed E-state index contributed by atoms with van der Waals surface area (Å²) in [6.07, 6.45) is 8.51. The number of nitrogens with zero attached hydrogens (tertiary/aromatic N) is 4. The van der Waals surface area contributed by atoms with Crippen LogP contribution >= 0.6 is 11.6 Å². The normalized spacial score (nSPS) is 17.2. The number of methoxy groups -OCH3 is 1. The molecule has 11 heteroatoms. The summed E-state index contributed by atoms with van der Waals surface area (Å²) in [7, 11) is 1.33. The van der Waals surface area contributed by atoms with Crippen molar-refractivity contribution in [1.82, 2.24) is 25.6 Å². The van der Waals surface area contributed by atoms with Gasteiger partial charge in [-0.2, -0.15) is 0 Å². The highest BCUT2D eigenvalue weighted by Crippen LogP contribution is 2.36. The Morgan fingerprint density at radius 3 is 2.52 bits per heavy atom. The van der Waals surface area contributed by atoms with Gasteiger partial charge < -0.3 is 20.3 Å². The van der Waals surface area contributed by atoms with Crippen molar-refractivity contribution in [2.75, 3.05) is 31.6 Å². The van der Waals surface area contributed by atoms with Crippen molar-refractivity contribution in [3.63, 3.8) is 0 Å². The number of carbonyl (C=O) groups is 3. The highest BCUT2D eigenvalue weighted by Gasteiger charge is 2.51. The molecule has 174 valence electrons. The summed E-state index contributed by atoms with van der Waals surface area (Å²) in [5.41, 5.74) is 0.556. The van der Waals surface area contributed by atoms with Crippen LogP contribution in [0.15, 0.2) is 31.0 Å². The zero-order valence-electron chi connectivity index (χ0n) is 18.2.